The highest BCUT2D eigenvalue weighted by atomic mass is 35.5. The van der Waals surface area contributed by atoms with Crippen molar-refractivity contribution in [3.63, 3.8) is 0 Å². The van der Waals surface area contributed by atoms with Crippen molar-refractivity contribution in [2.75, 3.05) is 13.2 Å². The van der Waals surface area contributed by atoms with Crippen LogP contribution in [0.1, 0.15) is 31.2 Å². The summed E-state index contributed by atoms with van der Waals surface area (Å²) in [6.07, 6.45) is 3.80. The third kappa shape index (κ3) is 4.12. The van der Waals surface area contributed by atoms with Crippen molar-refractivity contribution >= 4 is 17.6 Å². The van der Waals surface area contributed by atoms with Gasteiger partial charge >= 0.3 is 6.03 Å². The number of aliphatic hydroxyl groups excluding tert-OH is 1. The number of halogens is 1. The Hall–Kier alpha value is -1.26. The van der Waals surface area contributed by atoms with Crippen molar-refractivity contribution in [1.82, 2.24) is 10.2 Å². The summed E-state index contributed by atoms with van der Waals surface area (Å²) in [6, 6.07) is 7.58. The molecule has 0 bridgehead atoms. The zero-order valence-corrected chi connectivity index (χ0v) is 12.3. The van der Waals surface area contributed by atoms with Gasteiger partial charge in [-0.05, 0) is 43.4 Å². The number of likely N-dealkylation sites (tertiary alicyclic amines) is 1. The summed E-state index contributed by atoms with van der Waals surface area (Å²) in [7, 11) is 0. The monoisotopic (exact) mass is 296 g/mol. The number of aliphatic hydroxyl groups is 1. The lowest BCUT2D eigenvalue weighted by Gasteiger charge is -2.35. The highest BCUT2D eigenvalue weighted by molar-refractivity contribution is 6.30. The Bertz CT molecular complexity index is 451. The van der Waals surface area contributed by atoms with E-state index >= 15 is 0 Å². The topological polar surface area (TPSA) is 52.6 Å². The van der Waals surface area contributed by atoms with Gasteiger partial charge in [0.1, 0.15) is 0 Å². The molecular weight excluding hydrogens is 276 g/mol. The molecule has 1 aromatic carbocycles. The van der Waals surface area contributed by atoms with Crippen LogP contribution in [0, 0.1) is 0 Å². The molecule has 1 unspecified atom stereocenters. The lowest BCUT2D eigenvalue weighted by atomic mass is 10.0. The molecule has 1 aliphatic rings. The quantitative estimate of drug-likeness (QED) is 0.898. The Labute approximate surface area is 124 Å². The van der Waals surface area contributed by atoms with Crippen molar-refractivity contribution in [2.24, 2.45) is 0 Å². The summed E-state index contributed by atoms with van der Waals surface area (Å²) in [5.41, 5.74) is 0.988. The predicted octanol–water partition coefficient (Wildman–Crippen LogP) is 2.79. The van der Waals surface area contributed by atoms with Crippen molar-refractivity contribution in [2.45, 2.75) is 38.3 Å². The van der Waals surface area contributed by atoms with E-state index in [4.69, 9.17) is 16.7 Å². The molecule has 20 heavy (non-hydrogen) atoms. The molecule has 5 heteroatoms. The van der Waals surface area contributed by atoms with Gasteiger partial charge in [-0.1, -0.05) is 23.7 Å². The van der Waals surface area contributed by atoms with Gasteiger partial charge in [-0.2, -0.15) is 0 Å². The van der Waals surface area contributed by atoms with Gasteiger partial charge in [0, 0.05) is 30.8 Å². The van der Waals surface area contributed by atoms with E-state index in [0.717, 1.165) is 31.4 Å². The summed E-state index contributed by atoms with van der Waals surface area (Å²) in [5, 5.41) is 12.7. The number of hydrogen-bond donors (Lipinski definition) is 2. The first-order valence-electron chi connectivity index (χ1n) is 7.10. The van der Waals surface area contributed by atoms with Gasteiger partial charge in [0.15, 0.2) is 0 Å². The number of amides is 2. The van der Waals surface area contributed by atoms with Gasteiger partial charge in [0.05, 0.1) is 0 Å². The van der Waals surface area contributed by atoms with E-state index in [0.29, 0.717) is 18.0 Å². The van der Waals surface area contributed by atoms with E-state index in [9.17, 15) is 4.79 Å². The van der Waals surface area contributed by atoms with Crippen LogP contribution in [0.5, 0.6) is 0 Å². The number of carbonyl (C=O) groups is 1. The van der Waals surface area contributed by atoms with Crippen LogP contribution >= 0.6 is 11.6 Å². The first-order valence-corrected chi connectivity index (χ1v) is 7.48. The highest BCUT2D eigenvalue weighted by Gasteiger charge is 2.25. The number of piperidine rings is 1. The molecule has 0 radical (unpaired) electrons. The minimum Gasteiger partial charge on any atom is -0.396 e. The molecule has 1 aliphatic heterocycles. The minimum atomic E-state index is -0.0527. The van der Waals surface area contributed by atoms with Crippen LogP contribution < -0.4 is 5.32 Å². The molecule has 1 saturated heterocycles. The minimum absolute atomic E-state index is 0.0527. The average molecular weight is 297 g/mol. The van der Waals surface area contributed by atoms with Crippen LogP contribution in [0.2, 0.25) is 5.02 Å². The molecule has 110 valence electrons. The normalized spacial score (nSPS) is 18.9. The van der Waals surface area contributed by atoms with Crippen LogP contribution in [0.15, 0.2) is 24.3 Å². The molecule has 2 amide bonds. The fraction of sp³-hybridized carbons (Fsp3) is 0.533. The zero-order chi connectivity index (χ0) is 14.4. The maximum atomic E-state index is 12.2. The fourth-order valence-electron chi connectivity index (χ4n) is 2.64. The number of carbonyl (C=O) groups excluding carboxylic acids is 1. The fourth-order valence-corrected chi connectivity index (χ4v) is 2.86. The zero-order valence-electron chi connectivity index (χ0n) is 11.5. The van der Waals surface area contributed by atoms with E-state index < -0.39 is 0 Å². The van der Waals surface area contributed by atoms with E-state index in [-0.39, 0.29) is 18.7 Å². The largest absolute Gasteiger partial charge is 0.396 e. The molecule has 0 saturated carbocycles. The number of benzene rings is 1. The lowest BCUT2D eigenvalue weighted by molar-refractivity contribution is 0.131. The number of rotatable bonds is 4. The first-order chi connectivity index (χ1) is 9.70. The third-order valence-corrected chi connectivity index (χ3v) is 3.92. The predicted molar refractivity (Wildman–Crippen MR) is 79.7 cm³/mol. The lowest BCUT2D eigenvalue weighted by Crippen LogP contribution is -2.48. The van der Waals surface area contributed by atoms with E-state index in [1.165, 1.54) is 0 Å². The van der Waals surface area contributed by atoms with Crippen LogP contribution in [0.25, 0.3) is 0 Å². The van der Waals surface area contributed by atoms with Crippen molar-refractivity contribution < 1.29 is 9.90 Å². The SMILES string of the molecule is O=C(NCc1cccc(Cl)c1)N1CCCCC1CCO. The maximum Gasteiger partial charge on any atom is 0.317 e. The molecule has 0 aromatic heterocycles. The molecule has 2 N–H and O–H groups in total. The van der Waals surface area contributed by atoms with E-state index in [1.54, 1.807) is 0 Å². The Morgan fingerprint density at radius 3 is 3.05 bits per heavy atom. The second kappa shape index (κ2) is 7.50. The number of hydrogen-bond acceptors (Lipinski definition) is 2. The van der Waals surface area contributed by atoms with Gasteiger partial charge in [-0.15, -0.1) is 0 Å². The molecule has 1 atom stereocenters. The molecule has 1 aromatic rings. The third-order valence-electron chi connectivity index (χ3n) is 3.68. The van der Waals surface area contributed by atoms with Crippen molar-refractivity contribution in [3.05, 3.63) is 34.9 Å². The molecule has 0 aliphatic carbocycles. The molecule has 1 heterocycles. The summed E-state index contributed by atoms with van der Waals surface area (Å²) < 4.78 is 0. The molecule has 4 nitrogen and oxygen atoms in total. The van der Waals surface area contributed by atoms with Gasteiger partial charge < -0.3 is 15.3 Å². The number of nitrogens with zero attached hydrogens (tertiary/aromatic N) is 1. The Balaban J connectivity index is 1.89. The second-order valence-corrected chi connectivity index (χ2v) is 5.58. The van der Waals surface area contributed by atoms with E-state index in [2.05, 4.69) is 5.32 Å². The number of nitrogens with one attached hydrogen (secondary N) is 1. The smallest absolute Gasteiger partial charge is 0.317 e. The van der Waals surface area contributed by atoms with Gasteiger partial charge in [0.2, 0.25) is 0 Å². The molecule has 0 spiro atoms. The Morgan fingerprint density at radius 2 is 2.30 bits per heavy atom. The van der Waals surface area contributed by atoms with Crippen LogP contribution in [-0.4, -0.2) is 35.2 Å². The van der Waals surface area contributed by atoms with Crippen LogP contribution in [-0.2, 0) is 6.54 Å². The van der Waals surface area contributed by atoms with Gasteiger partial charge in [-0.25, -0.2) is 4.79 Å². The Morgan fingerprint density at radius 1 is 1.45 bits per heavy atom. The van der Waals surface area contributed by atoms with Crippen LogP contribution in [0.3, 0.4) is 0 Å². The molecule has 2 rings (SSSR count). The first kappa shape index (κ1) is 15.1. The van der Waals surface area contributed by atoms with Crippen LogP contribution in [0.4, 0.5) is 4.79 Å². The summed E-state index contributed by atoms with van der Waals surface area (Å²) in [4.78, 5) is 14.1. The summed E-state index contributed by atoms with van der Waals surface area (Å²) in [6.45, 7) is 1.37. The van der Waals surface area contributed by atoms with Gasteiger partial charge in [-0.3, -0.25) is 0 Å². The highest BCUT2D eigenvalue weighted by Crippen LogP contribution is 2.19. The maximum absolute atomic E-state index is 12.2. The second-order valence-electron chi connectivity index (χ2n) is 5.14. The molecule has 1 fully saturated rings. The standard InChI is InChI=1S/C15H21ClN2O2/c16-13-5-3-4-12(10-13)11-17-15(20)18-8-2-1-6-14(18)7-9-19/h3-5,10,14,19H,1-2,6-9,11H2,(H,17,20). The summed E-state index contributed by atoms with van der Waals surface area (Å²) >= 11 is 5.92. The van der Waals surface area contributed by atoms with Crippen molar-refractivity contribution in [1.29, 1.82) is 0 Å². The van der Waals surface area contributed by atoms with E-state index in [1.807, 2.05) is 29.2 Å². The average Bonchev–Trinajstić information content (AvgIpc) is 2.46. The summed E-state index contributed by atoms with van der Waals surface area (Å²) in [5.74, 6) is 0. The Kier molecular flexibility index (Phi) is 5.68. The number of urea groups is 1. The molecular formula is C15H21ClN2O2. The van der Waals surface area contributed by atoms with Gasteiger partial charge in [0.25, 0.3) is 0 Å². The van der Waals surface area contributed by atoms with Crippen molar-refractivity contribution in [3.8, 4) is 0 Å².